The van der Waals surface area contributed by atoms with Gasteiger partial charge in [-0.1, -0.05) is 24.3 Å². The Kier molecular flexibility index (Phi) is 5.44. The van der Waals surface area contributed by atoms with E-state index in [2.05, 4.69) is 20.2 Å². The molecule has 1 amide bonds. The zero-order valence-corrected chi connectivity index (χ0v) is 17.7. The first kappa shape index (κ1) is 20.2. The van der Waals surface area contributed by atoms with Crippen molar-refractivity contribution in [1.82, 2.24) is 25.1 Å². The zero-order valence-electron chi connectivity index (χ0n) is 17.7. The van der Waals surface area contributed by atoms with Crippen molar-refractivity contribution >= 4 is 5.91 Å². The molecule has 2 heterocycles. The van der Waals surface area contributed by atoms with Crippen LogP contribution in [0.5, 0.6) is 5.75 Å². The summed E-state index contributed by atoms with van der Waals surface area (Å²) in [5.41, 5.74) is 3.94. The maximum absolute atomic E-state index is 12.1. The van der Waals surface area contributed by atoms with Gasteiger partial charge in [0.05, 0.1) is 30.3 Å². The molecule has 2 aromatic heterocycles. The van der Waals surface area contributed by atoms with Crippen LogP contribution in [0.2, 0.25) is 0 Å². The highest BCUT2D eigenvalue weighted by molar-refractivity contribution is 5.94. The van der Waals surface area contributed by atoms with Crippen LogP contribution in [0.1, 0.15) is 17.5 Å². The fourth-order valence-corrected chi connectivity index (χ4v) is 3.08. The highest BCUT2D eigenvalue weighted by atomic mass is 16.5. The number of nitrogens with zero attached hydrogens (tertiary/aromatic N) is 5. The molecule has 0 unspecified atom stereocenters. The van der Waals surface area contributed by atoms with E-state index in [1.54, 1.807) is 39.5 Å². The molecule has 4 aromatic rings. The van der Waals surface area contributed by atoms with E-state index in [1.807, 2.05) is 43.3 Å². The SMILES string of the molecule is COc1ccccc1-c1nnc(-c2nc(-c3ccc(C(=O)N(C)C)cc3)cnc2C)o1.[HH]. The van der Waals surface area contributed by atoms with E-state index in [-0.39, 0.29) is 13.2 Å². The minimum atomic E-state index is -0.0584. The lowest BCUT2D eigenvalue weighted by atomic mass is 10.1. The van der Waals surface area contributed by atoms with E-state index in [1.165, 1.54) is 4.90 Å². The highest BCUT2D eigenvalue weighted by Crippen LogP contribution is 2.31. The third-order valence-corrected chi connectivity index (χ3v) is 4.75. The molecular weight excluding hydrogens is 394 g/mol. The number of hydrogen-bond donors (Lipinski definition) is 0. The number of aromatic nitrogens is 4. The number of carbonyl (C=O) groups is 1. The molecule has 8 nitrogen and oxygen atoms in total. The van der Waals surface area contributed by atoms with Gasteiger partial charge in [0.2, 0.25) is 0 Å². The van der Waals surface area contributed by atoms with Crippen molar-refractivity contribution in [3.63, 3.8) is 0 Å². The van der Waals surface area contributed by atoms with Gasteiger partial charge in [-0.3, -0.25) is 9.78 Å². The van der Waals surface area contributed by atoms with Gasteiger partial charge >= 0.3 is 0 Å². The average Bonchev–Trinajstić information content (AvgIpc) is 3.29. The van der Waals surface area contributed by atoms with Crippen molar-refractivity contribution in [1.29, 1.82) is 0 Å². The predicted molar refractivity (Wildman–Crippen MR) is 118 cm³/mol. The summed E-state index contributed by atoms with van der Waals surface area (Å²) in [4.78, 5) is 22.8. The second-order valence-corrected chi connectivity index (χ2v) is 7.08. The summed E-state index contributed by atoms with van der Waals surface area (Å²) in [6.45, 7) is 1.83. The second-order valence-electron chi connectivity index (χ2n) is 7.08. The maximum atomic E-state index is 12.1. The molecule has 0 radical (unpaired) electrons. The van der Waals surface area contributed by atoms with Gasteiger partial charge in [0, 0.05) is 26.6 Å². The maximum Gasteiger partial charge on any atom is 0.268 e. The fraction of sp³-hybridized carbons (Fsp3) is 0.174. The normalized spacial score (nSPS) is 10.7. The van der Waals surface area contributed by atoms with Crippen molar-refractivity contribution in [3.05, 3.63) is 66.0 Å². The summed E-state index contributed by atoms with van der Waals surface area (Å²) >= 11 is 0. The molecule has 158 valence electrons. The van der Waals surface area contributed by atoms with Crippen LogP contribution in [0.4, 0.5) is 0 Å². The highest BCUT2D eigenvalue weighted by Gasteiger charge is 2.18. The number of para-hydroxylation sites is 1. The fourth-order valence-electron chi connectivity index (χ4n) is 3.08. The van der Waals surface area contributed by atoms with Crippen LogP contribution in [-0.2, 0) is 0 Å². The number of amides is 1. The van der Waals surface area contributed by atoms with Gasteiger partial charge in [-0.05, 0) is 31.2 Å². The van der Waals surface area contributed by atoms with Crippen LogP contribution in [0, 0.1) is 6.92 Å². The Balaban J connectivity index is 0.00000289. The Morgan fingerprint density at radius 2 is 1.74 bits per heavy atom. The molecule has 0 saturated heterocycles. The smallest absolute Gasteiger partial charge is 0.268 e. The monoisotopic (exact) mass is 417 g/mol. The molecule has 0 fully saturated rings. The Morgan fingerprint density at radius 3 is 2.45 bits per heavy atom. The summed E-state index contributed by atoms with van der Waals surface area (Å²) in [6, 6.07) is 14.6. The molecule has 31 heavy (non-hydrogen) atoms. The van der Waals surface area contributed by atoms with Crippen LogP contribution in [0.15, 0.2) is 59.1 Å². The Labute approximate surface area is 181 Å². The number of benzene rings is 2. The van der Waals surface area contributed by atoms with E-state index in [0.717, 1.165) is 5.56 Å². The van der Waals surface area contributed by atoms with Crippen LogP contribution in [0.3, 0.4) is 0 Å². The minimum absolute atomic E-state index is 0. The van der Waals surface area contributed by atoms with E-state index in [0.29, 0.717) is 39.8 Å². The average molecular weight is 417 g/mol. The topological polar surface area (TPSA) is 94.2 Å². The Morgan fingerprint density at radius 1 is 1.03 bits per heavy atom. The standard InChI is InChI=1S/C23H21N5O3.H2/c1-14-20(22-27-26-21(31-22)17-7-5-6-8-19(17)30-4)25-18(13-24-14)15-9-11-16(12-10-15)23(29)28(2)3;/h5-13H,1-4H3;1H. The molecule has 0 N–H and O–H groups in total. The lowest BCUT2D eigenvalue weighted by Gasteiger charge is -2.10. The van der Waals surface area contributed by atoms with Crippen LogP contribution in [-0.4, -0.2) is 52.2 Å². The second kappa shape index (κ2) is 8.35. The number of methoxy groups -OCH3 is 1. The number of ether oxygens (including phenoxy) is 1. The molecular formula is C23H23N5O3. The summed E-state index contributed by atoms with van der Waals surface area (Å²) < 4.78 is 11.3. The van der Waals surface area contributed by atoms with Gasteiger partial charge in [0.1, 0.15) is 11.4 Å². The third-order valence-electron chi connectivity index (χ3n) is 4.75. The van der Waals surface area contributed by atoms with Crippen molar-refractivity contribution in [2.45, 2.75) is 6.92 Å². The van der Waals surface area contributed by atoms with Crippen LogP contribution < -0.4 is 4.74 Å². The Hall–Kier alpha value is -4.07. The molecule has 0 saturated carbocycles. The van der Waals surface area contributed by atoms with Crippen LogP contribution in [0.25, 0.3) is 34.3 Å². The van der Waals surface area contributed by atoms with Crippen molar-refractivity contribution < 1.29 is 15.4 Å². The molecule has 0 bridgehead atoms. The molecule has 4 rings (SSSR count). The van der Waals surface area contributed by atoms with Gasteiger partial charge in [-0.25, -0.2) is 4.98 Å². The predicted octanol–water partition coefficient (Wildman–Crippen LogP) is 4.13. The van der Waals surface area contributed by atoms with Crippen molar-refractivity contribution in [2.75, 3.05) is 21.2 Å². The molecule has 0 spiro atoms. The lowest BCUT2D eigenvalue weighted by molar-refractivity contribution is 0.0827. The first-order chi connectivity index (χ1) is 15.0. The van der Waals surface area contributed by atoms with Crippen molar-refractivity contribution in [3.8, 4) is 40.0 Å². The summed E-state index contributed by atoms with van der Waals surface area (Å²) in [7, 11) is 5.03. The number of carbonyl (C=O) groups excluding carboxylic acids is 1. The van der Waals surface area contributed by atoms with E-state index in [9.17, 15) is 4.79 Å². The van der Waals surface area contributed by atoms with Gasteiger partial charge in [0.15, 0.2) is 0 Å². The van der Waals surface area contributed by atoms with Gasteiger partial charge < -0.3 is 14.1 Å². The molecule has 0 atom stereocenters. The first-order valence-electron chi connectivity index (χ1n) is 9.61. The lowest BCUT2D eigenvalue weighted by Crippen LogP contribution is -2.21. The van der Waals surface area contributed by atoms with E-state index < -0.39 is 0 Å². The molecule has 0 aliphatic heterocycles. The number of aryl methyl sites for hydroxylation is 1. The van der Waals surface area contributed by atoms with Gasteiger partial charge in [0.25, 0.3) is 17.7 Å². The number of hydrogen-bond acceptors (Lipinski definition) is 7. The van der Waals surface area contributed by atoms with Gasteiger partial charge in [-0.2, -0.15) is 0 Å². The van der Waals surface area contributed by atoms with Crippen LogP contribution >= 0.6 is 0 Å². The molecule has 0 aliphatic rings. The molecule has 2 aromatic carbocycles. The zero-order chi connectivity index (χ0) is 22.0. The molecule has 0 aliphatic carbocycles. The Bertz CT molecular complexity index is 1240. The first-order valence-corrected chi connectivity index (χ1v) is 9.61. The van der Waals surface area contributed by atoms with Crippen molar-refractivity contribution in [2.24, 2.45) is 0 Å². The minimum Gasteiger partial charge on any atom is -0.496 e. The summed E-state index contributed by atoms with van der Waals surface area (Å²) in [5.74, 6) is 1.19. The van der Waals surface area contributed by atoms with E-state index in [4.69, 9.17) is 9.15 Å². The van der Waals surface area contributed by atoms with E-state index >= 15 is 0 Å². The van der Waals surface area contributed by atoms with Gasteiger partial charge in [-0.15, -0.1) is 10.2 Å². The quantitative estimate of drug-likeness (QED) is 0.482. The largest absolute Gasteiger partial charge is 0.496 e. The summed E-state index contributed by atoms with van der Waals surface area (Å²) in [6.07, 6.45) is 1.68. The molecule has 8 heteroatoms. The third kappa shape index (κ3) is 4.00. The number of rotatable bonds is 5. The summed E-state index contributed by atoms with van der Waals surface area (Å²) in [5, 5.41) is 8.32.